The Labute approximate surface area is 96.8 Å². The number of rotatable bonds is 4. The summed E-state index contributed by atoms with van der Waals surface area (Å²) in [6.07, 6.45) is -4.38. The van der Waals surface area contributed by atoms with Crippen LogP contribution in [0.5, 0.6) is 0 Å². The van der Waals surface area contributed by atoms with Gasteiger partial charge < -0.3 is 10.7 Å². The lowest BCUT2D eigenvalue weighted by atomic mass is 10.5. The van der Waals surface area contributed by atoms with Crippen LogP contribution in [0.2, 0.25) is 0 Å². The number of amides is 1. The molecule has 0 aliphatic heterocycles. The molecule has 1 rings (SSSR count). The highest BCUT2D eigenvalue weighted by atomic mass is 19.4. The molecule has 0 aliphatic carbocycles. The second-order valence-corrected chi connectivity index (χ2v) is 3.68. The van der Waals surface area contributed by atoms with Crippen LogP contribution in [0.15, 0.2) is 12.1 Å². The summed E-state index contributed by atoms with van der Waals surface area (Å²) in [6.45, 7) is 2.14. The summed E-state index contributed by atoms with van der Waals surface area (Å²) >= 11 is 0. The molecule has 0 radical (unpaired) electrons. The fraction of sp³-hybridized carbons (Fsp3) is 0.500. The van der Waals surface area contributed by atoms with Crippen LogP contribution >= 0.6 is 0 Å². The second-order valence-electron chi connectivity index (χ2n) is 3.68. The minimum atomic E-state index is -4.38. The van der Waals surface area contributed by atoms with E-state index in [0.29, 0.717) is 0 Å². The van der Waals surface area contributed by atoms with Crippen LogP contribution in [-0.2, 0) is 4.79 Å². The lowest BCUT2D eigenvalue weighted by Crippen LogP contribution is -2.38. The van der Waals surface area contributed by atoms with E-state index in [9.17, 15) is 18.0 Å². The third-order valence-electron chi connectivity index (χ3n) is 2.15. The van der Waals surface area contributed by atoms with Gasteiger partial charge >= 0.3 is 6.18 Å². The predicted molar refractivity (Wildman–Crippen MR) is 57.2 cm³/mol. The Morgan fingerprint density at radius 3 is 2.29 bits per heavy atom. The molecule has 0 unspecified atom stereocenters. The first-order valence-electron chi connectivity index (χ1n) is 5.02. The fourth-order valence-electron chi connectivity index (χ4n) is 1.33. The van der Waals surface area contributed by atoms with Crippen LogP contribution < -0.4 is 10.7 Å². The van der Waals surface area contributed by atoms with E-state index in [1.54, 1.807) is 9.99 Å². The van der Waals surface area contributed by atoms with Gasteiger partial charge in [0.2, 0.25) is 5.91 Å². The first-order chi connectivity index (χ1) is 7.79. The lowest BCUT2D eigenvalue weighted by Gasteiger charge is -2.13. The number of halogens is 3. The molecule has 7 heteroatoms. The summed E-state index contributed by atoms with van der Waals surface area (Å²) in [7, 11) is 0. The molecule has 0 atom stereocenters. The van der Waals surface area contributed by atoms with Crippen molar-refractivity contribution in [1.29, 1.82) is 0 Å². The van der Waals surface area contributed by atoms with E-state index in [-0.39, 0.29) is 6.54 Å². The van der Waals surface area contributed by atoms with Crippen LogP contribution in [0.1, 0.15) is 11.4 Å². The normalized spacial score (nSPS) is 11.4. The summed E-state index contributed by atoms with van der Waals surface area (Å²) in [5, 5.41) is 1.78. The van der Waals surface area contributed by atoms with Crippen LogP contribution in [0, 0.1) is 13.8 Å². The first-order valence-corrected chi connectivity index (χ1v) is 5.02. The van der Waals surface area contributed by atoms with Crippen molar-refractivity contribution in [1.82, 2.24) is 9.99 Å². The average Bonchev–Trinajstić information content (AvgIpc) is 2.52. The molecule has 0 saturated heterocycles. The molecular formula is C10H14F3N3O. The molecule has 0 bridgehead atoms. The first kappa shape index (κ1) is 13.4. The minimum absolute atomic E-state index is 0.202. The maximum Gasteiger partial charge on any atom is 0.405 e. The standard InChI is InChI=1S/C10H14F3N3O/c1-7-3-4-8(2)16(7)15-5-9(17)14-6-10(11,12)13/h3-4,15H,5-6H2,1-2H3,(H,14,17). The molecule has 1 aromatic rings. The SMILES string of the molecule is Cc1ccc(C)n1NCC(=O)NCC(F)(F)F. The third-order valence-corrected chi connectivity index (χ3v) is 2.15. The van der Waals surface area contributed by atoms with Gasteiger partial charge in [0, 0.05) is 11.4 Å². The molecule has 96 valence electrons. The molecule has 4 nitrogen and oxygen atoms in total. The molecule has 0 aromatic carbocycles. The molecule has 0 saturated carbocycles. The number of aromatic nitrogens is 1. The molecule has 0 fully saturated rings. The van der Waals surface area contributed by atoms with E-state index in [0.717, 1.165) is 11.4 Å². The monoisotopic (exact) mass is 249 g/mol. The molecule has 2 N–H and O–H groups in total. The summed E-state index contributed by atoms with van der Waals surface area (Å²) in [5.41, 5.74) is 4.50. The smallest absolute Gasteiger partial charge is 0.345 e. The summed E-state index contributed by atoms with van der Waals surface area (Å²) < 4.78 is 37.1. The van der Waals surface area contributed by atoms with E-state index >= 15 is 0 Å². The highest BCUT2D eigenvalue weighted by Crippen LogP contribution is 2.11. The van der Waals surface area contributed by atoms with E-state index in [2.05, 4.69) is 5.43 Å². The van der Waals surface area contributed by atoms with Gasteiger partial charge in [-0.1, -0.05) is 0 Å². The van der Waals surface area contributed by atoms with E-state index < -0.39 is 18.6 Å². The van der Waals surface area contributed by atoms with Gasteiger partial charge in [0.25, 0.3) is 0 Å². The van der Waals surface area contributed by atoms with Crippen molar-refractivity contribution >= 4 is 5.91 Å². The van der Waals surface area contributed by atoms with Gasteiger partial charge in [-0.2, -0.15) is 13.2 Å². The van der Waals surface area contributed by atoms with Gasteiger partial charge in [-0.15, -0.1) is 0 Å². The predicted octanol–water partition coefficient (Wildman–Crippen LogP) is 1.33. The highest BCUT2D eigenvalue weighted by Gasteiger charge is 2.27. The van der Waals surface area contributed by atoms with Crippen molar-refractivity contribution in [3.05, 3.63) is 23.5 Å². The largest absolute Gasteiger partial charge is 0.405 e. The molecule has 0 aliphatic rings. The number of hydrogen-bond donors (Lipinski definition) is 2. The number of carbonyl (C=O) groups is 1. The molecule has 1 heterocycles. The minimum Gasteiger partial charge on any atom is -0.345 e. The van der Waals surface area contributed by atoms with Crippen molar-refractivity contribution in [2.75, 3.05) is 18.5 Å². The number of nitrogens with zero attached hydrogens (tertiary/aromatic N) is 1. The van der Waals surface area contributed by atoms with Crippen molar-refractivity contribution < 1.29 is 18.0 Å². The zero-order valence-corrected chi connectivity index (χ0v) is 9.56. The van der Waals surface area contributed by atoms with Crippen molar-refractivity contribution in [3.8, 4) is 0 Å². The lowest BCUT2D eigenvalue weighted by molar-refractivity contribution is -0.137. The van der Waals surface area contributed by atoms with Gasteiger partial charge in [-0.3, -0.25) is 9.47 Å². The van der Waals surface area contributed by atoms with Gasteiger partial charge in [-0.05, 0) is 26.0 Å². The second kappa shape index (κ2) is 5.11. The Morgan fingerprint density at radius 2 is 1.82 bits per heavy atom. The Bertz CT molecular complexity index is 378. The fourth-order valence-corrected chi connectivity index (χ4v) is 1.33. The van der Waals surface area contributed by atoms with Gasteiger partial charge in [0.05, 0.1) is 0 Å². The zero-order chi connectivity index (χ0) is 13.1. The Morgan fingerprint density at radius 1 is 1.29 bits per heavy atom. The molecule has 0 spiro atoms. The van der Waals surface area contributed by atoms with Gasteiger partial charge in [0.15, 0.2) is 0 Å². The van der Waals surface area contributed by atoms with Crippen molar-refractivity contribution in [2.45, 2.75) is 20.0 Å². The van der Waals surface area contributed by atoms with Crippen LogP contribution in [-0.4, -0.2) is 29.8 Å². The zero-order valence-electron chi connectivity index (χ0n) is 9.56. The number of carbonyl (C=O) groups excluding carboxylic acids is 1. The van der Waals surface area contributed by atoms with Crippen molar-refractivity contribution in [2.24, 2.45) is 0 Å². The summed E-state index contributed by atoms with van der Waals surface area (Å²) in [5.74, 6) is -0.699. The maximum absolute atomic E-state index is 11.8. The Kier molecular flexibility index (Phi) is 4.03. The Balaban J connectivity index is 2.39. The van der Waals surface area contributed by atoms with Gasteiger partial charge in [-0.25, -0.2) is 0 Å². The maximum atomic E-state index is 11.8. The quantitative estimate of drug-likeness (QED) is 0.845. The number of nitrogens with one attached hydrogen (secondary N) is 2. The molecule has 1 aromatic heterocycles. The molecular weight excluding hydrogens is 235 g/mol. The Hall–Kier alpha value is -1.66. The number of aryl methyl sites for hydroxylation is 2. The number of hydrogen-bond acceptors (Lipinski definition) is 2. The van der Waals surface area contributed by atoms with Crippen molar-refractivity contribution in [3.63, 3.8) is 0 Å². The van der Waals surface area contributed by atoms with Crippen LogP contribution in [0.25, 0.3) is 0 Å². The van der Waals surface area contributed by atoms with Crippen LogP contribution in [0.3, 0.4) is 0 Å². The molecule has 1 amide bonds. The van der Waals surface area contributed by atoms with Crippen LogP contribution in [0.4, 0.5) is 13.2 Å². The van der Waals surface area contributed by atoms with E-state index in [1.807, 2.05) is 26.0 Å². The third kappa shape index (κ3) is 4.38. The summed E-state index contributed by atoms with van der Waals surface area (Å²) in [4.78, 5) is 11.1. The number of alkyl halides is 3. The highest BCUT2D eigenvalue weighted by molar-refractivity contribution is 5.79. The van der Waals surface area contributed by atoms with E-state index in [4.69, 9.17) is 0 Å². The van der Waals surface area contributed by atoms with E-state index in [1.165, 1.54) is 0 Å². The summed E-state index contributed by atoms with van der Waals surface area (Å²) in [6, 6.07) is 3.69. The average molecular weight is 249 g/mol. The molecule has 17 heavy (non-hydrogen) atoms. The topological polar surface area (TPSA) is 46.1 Å². The van der Waals surface area contributed by atoms with Gasteiger partial charge in [0.1, 0.15) is 13.1 Å².